The smallest absolute Gasteiger partial charge is 0.231 e. The van der Waals surface area contributed by atoms with Gasteiger partial charge in [0.15, 0.2) is 5.16 Å². The van der Waals surface area contributed by atoms with Gasteiger partial charge in [-0.3, -0.25) is 9.36 Å². The Morgan fingerprint density at radius 1 is 1.23 bits per heavy atom. The first-order chi connectivity index (χ1) is 12.7. The Morgan fingerprint density at radius 3 is 2.77 bits per heavy atom. The molecule has 0 aliphatic carbocycles. The Balaban J connectivity index is 1.96. The molecule has 0 spiro atoms. The van der Waals surface area contributed by atoms with Crippen LogP contribution in [-0.2, 0) is 4.79 Å². The molecule has 0 aliphatic rings. The van der Waals surface area contributed by atoms with E-state index in [-0.39, 0.29) is 18.2 Å². The third kappa shape index (κ3) is 4.26. The van der Waals surface area contributed by atoms with E-state index in [1.54, 1.807) is 6.20 Å². The van der Waals surface area contributed by atoms with Crippen LogP contribution in [0.3, 0.4) is 0 Å². The monoisotopic (exact) mass is 382 g/mol. The lowest BCUT2D eigenvalue weighted by molar-refractivity contribution is -0.118. The highest BCUT2D eigenvalue weighted by molar-refractivity contribution is 7.99. The number of nitriles is 1. The molecule has 0 atom stereocenters. The largest absolute Gasteiger partial charge is 0.342 e. The SMILES string of the molecule is N#CCNC(=O)CSc1ncc(-c2ccccc2)n1-c1cccc(Cl)c1. The van der Waals surface area contributed by atoms with Gasteiger partial charge < -0.3 is 5.32 Å². The van der Waals surface area contributed by atoms with Crippen molar-refractivity contribution in [3.8, 4) is 23.0 Å². The summed E-state index contributed by atoms with van der Waals surface area (Å²) in [4.78, 5) is 16.3. The quantitative estimate of drug-likeness (QED) is 0.518. The Morgan fingerprint density at radius 2 is 2.04 bits per heavy atom. The molecule has 2 aromatic carbocycles. The summed E-state index contributed by atoms with van der Waals surface area (Å²) in [7, 11) is 0. The summed E-state index contributed by atoms with van der Waals surface area (Å²) in [5.41, 5.74) is 2.79. The number of halogens is 1. The van der Waals surface area contributed by atoms with Gasteiger partial charge in [0.25, 0.3) is 0 Å². The maximum atomic E-state index is 11.8. The predicted octanol–water partition coefficient (Wildman–Crippen LogP) is 3.92. The first-order valence-electron chi connectivity index (χ1n) is 7.84. The fourth-order valence-corrected chi connectivity index (χ4v) is 3.44. The van der Waals surface area contributed by atoms with E-state index in [9.17, 15) is 4.79 Å². The predicted molar refractivity (Wildman–Crippen MR) is 103 cm³/mol. The number of aromatic nitrogens is 2. The van der Waals surface area contributed by atoms with E-state index in [0.717, 1.165) is 16.9 Å². The number of hydrogen-bond acceptors (Lipinski definition) is 4. The average molecular weight is 383 g/mol. The molecule has 0 saturated carbocycles. The van der Waals surface area contributed by atoms with Crippen molar-refractivity contribution < 1.29 is 4.79 Å². The second-order valence-electron chi connectivity index (χ2n) is 5.33. The molecule has 0 unspecified atom stereocenters. The van der Waals surface area contributed by atoms with E-state index in [4.69, 9.17) is 16.9 Å². The summed E-state index contributed by atoms with van der Waals surface area (Å²) >= 11 is 7.47. The summed E-state index contributed by atoms with van der Waals surface area (Å²) in [6.07, 6.45) is 1.78. The van der Waals surface area contributed by atoms with Gasteiger partial charge in [-0.25, -0.2) is 4.98 Å². The Bertz CT molecular complexity index is 950. The van der Waals surface area contributed by atoms with Gasteiger partial charge in [0, 0.05) is 16.3 Å². The number of benzene rings is 2. The minimum atomic E-state index is -0.210. The van der Waals surface area contributed by atoms with Crippen LogP contribution in [0.4, 0.5) is 0 Å². The molecule has 3 aromatic rings. The topological polar surface area (TPSA) is 70.7 Å². The zero-order valence-corrected chi connectivity index (χ0v) is 15.3. The van der Waals surface area contributed by atoms with Crippen LogP contribution in [0.1, 0.15) is 0 Å². The molecule has 1 N–H and O–H groups in total. The van der Waals surface area contributed by atoms with Gasteiger partial charge in [-0.15, -0.1) is 0 Å². The number of hydrogen-bond donors (Lipinski definition) is 1. The van der Waals surface area contributed by atoms with Crippen molar-refractivity contribution in [1.82, 2.24) is 14.9 Å². The molecule has 0 fully saturated rings. The summed E-state index contributed by atoms with van der Waals surface area (Å²) in [5.74, 6) is -0.0357. The highest BCUT2D eigenvalue weighted by atomic mass is 35.5. The van der Waals surface area contributed by atoms with E-state index in [1.807, 2.05) is 65.2 Å². The molecule has 3 rings (SSSR count). The fourth-order valence-electron chi connectivity index (χ4n) is 2.43. The third-order valence-electron chi connectivity index (χ3n) is 3.56. The van der Waals surface area contributed by atoms with Crippen molar-refractivity contribution in [2.75, 3.05) is 12.3 Å². The summed E-state index contributed by atoms with van der Waals surface area (Å²) in [6.45, 7) is -0.00259. The van der Waals surface area contributed by atoms with Crippen LogP contribution in [0.15, 0.2) is 66.0 Å². The van der Waals surface area contributed by atoms with Gasteiger partial charge in [-0.1, -0.05) is 59.8 Å². The van der Waals surface area contributed by atoms with E-state index >= 15 is 0 Å². The lowest BCUT2D eigenvalue weighted by atomic mass is 10.1. The van der Waals surface area contributed by atoms with Crippen LogP contribution in [-0.4, -0.2) is 27.8 Å². The number of thioether (sulfide) groups is 1. The molecular weight excluding hydrogens is 368 g/mol. The number of nitrogens with zero attached hydrogens (tertiary/aromatic N) is 3. The van der Waals surface area contributed by atoms with Crippen molar-refractivity contribution >= 4 is 29.3 Å². The zero-order valence-electron chi connectivity index (χ0n) is 13.7. The van der Waals surface area contributed by atoms with Crippen LogP contribution >= 0.6 is 23.4 Å². The summed E-state index contributed by atoms with van der Waals surface area (Å²) in [6, 6.07) is 19.3. The number of imidazole rings is 1. The molecular formula is C19H15ClN4OS. The van der Waals surface area contributed by atoms with Crippen molar-refractivity contribution in [3.05, 3.63) is 65.8 Å². The number of rotatable bonds is 6. The molecule has 1 amide bonds. The highest BCUT2D eigenvalue weighted by Crippen LogP contribution is 2.30. The van der Waals surface area contributed by atoms with Gasteiger partial charge in [0.05, 0.1) is 23.7 Å². The van der Waals surface area contributed by atoms with E-state index in [1.165, 1.54) is 11.8 Å². The maximum absolute atomic E-state index is 11.8. The molecule has 26 heavy (non-hydrogen) atoms. The molecule has 130 valence electrons. The minimum Gasteiger partial charge on any atom is -0.342 e. The van der Waals surface area contributed by atoms with Crippen molar-refractivity contribution in [3.63, 3.8) is 0 Å². The second-order valence-corrected chi connectivity index (χ2v) is 6.71. The second kappa shape index (κ2) is 8.56. The fraction of sp³-hybridized carbons (Fsp3) is 0.105. The maximum Gasteiger partial charge on any atom is 0.231 e. The molecule has 0 aliphatic heterocycles. The van der Waals surface area contributed by atoms with Gasteiger partial charge >= 0.3 is 0 Å². The normalized spacial score (nSPS) is 10.3. The summed E-state index contributed by atoms with van der Waals surface area (Å²) < 4.78 is 1.98. The standard InChI is InChI=1S/C19H15ClN4OS/c20-15-7-4-8-16(11-15)24-17(14-5-2-1-3-6-14)12-23-19(24)26-13-18(25)22-10-9-21/h1-8,11-12H,10,13H2,(H,22,25). The van der Waals surface area contributed by atoms with Crippen LogP contribution in [0.25, 0.3) is 16.9 Å². The Kier molecular flexibility index (Phi) is 5.95. The average Bonchev–Trinajstić information content (AvgIpc) is 3.09. The minimum absolute atomic E-state index is 0.00259. The number of carbonyl (C=O) groups is 1. The van der Waals surface area contributed by atoms with Crippen LogP contribution in [0, 0.1) is 11.3 Å². The first kappa shape index (κ1) is 18.1. The zero-order chi connectivity index (χ0) is 18.4. The number of nitrogens with one attached hydrogen (secondary N) is 1. The molecule has 7 heteroatoms. The van der Waals surface area contributed by atoms with Crippen molar-refractivity contribution in [2.45, 2.75) is 5.16 Å². The van der Waals surface area contributed by atoms with Gasteiger partial charge in [-0.2, -0.15) is 5.26 Å². The van der Waals surface area contributed by atoms with E-state index < -0.39 is 0 Å². The van der Waals surface area contributed by atoms with Crippen LogP contribution in [0.2, 0.25) is 5.02 Å². The molecule has 0 bridgehead atoms. The van der Waals surface area contributed by atoms with Gasteiger partial charge in [-0.05, 0) is 18.2 Å². The van der Waals surface area contributed by atoms with Crippen LogP contribution < -0.4 is 5.32 Å². The van der Waals surface area contributed by atoms with Crippen molar-refractivity contribution in [2.24, 2.45) is 0 Å². The Hall–Kier alpha value is -2.75. The van der Waals surface area contributed by atoms with Crippen molar-refractivity contribution in [1.29, 1.82) is 5.26 Å². The molecule has 1 heterocycles. The van der Waals surface area contributed by atoms with Crippen LogP contribution in [0.5, 0.6) is 0 Å². The molecule has 5 nitrogen and oxygen atoms in total. The highest BCUT2D eigenvalue weighted by Gasteiger charge is 2.15. The number of carbonyl (C=O) groups excluding carboxylic acids is 1. The third-order valence-corrected chi connectivity index (χ3v) is 4.75. The van der Waals surface area contributed by atoms with E-state index in [2.05, 4.69) is 10.3 Å². The molecule has 1 aromatic heterocycles. The summed E-state index contributed by atoms with van der Waals surface area (Å²) in [5, 5.41) is 12.4. The number of amides is 1. The van der Waals surface area contributed by atoms with Gasteiger partial charge in [0.2, 0.25) is 5.91 Å². The van der Waals surface area contributed by atoms with E-state index in [0.29, 0.717) is 10.2 Å². The Labute approximate surface area is 160 Å². The molecule has 0 saturated heterocycles. The van der Waals surface area contributed by atoms with Gasteiger partial charge in [0.1, 0.15) is 6.54 Å². The lowest BCUT2D eigenvalue weighted by Gasteiger charge is -2.12. The first-order valence-corrected chi connectivity index (χ1v) is 9.21. The lowest BCUT2D eigenvalue weighted by Crippen LogP contribution is -2.25. The molecule has 0 radical (unpaired) electrons.